The van der Waals surface area contributed by atoms with Crippen molar-refractivity contribution in [3.05, 3.63) is 33.8 Å². The SMILES string of the molecule is COCCCNC(=O)CN(C)C(=O)c1cc(Br)ccc1C. The second-order valence-corrected chi connectivity index (χ2v) is 5.73. The lowest BCUT2D eigenvalue weighted by Crippen LogP contribution is -2.39. The van der Waals surface area contributed by atoms with Gasteiger partial charge in [-0.25, -0.2) is 0 Å². The molecule has 6 heteroatoms. The number of halogens is 1. The summed E-state index contributed by atoms with van der Waals surface area (Å²) in [6.45, 7) is 3.06. The summed E-state index contributed by atoms with van der Waals surface area (Å²) in [7, 11) is 3.24. The molecular formula is C15H21BrN2O3. The molecule has 1 aromatic rings. The van der Waals surface area contributed by atoms with E-state index in [2.05, 4.69) is 21.2 Å². The van der Waals surface area contributed by atoms with Gasteiger partial charge in [-0.15, -0.1) is 0 Å². The number of nitrogens with zero attached hydrogens (tertiary/aromatic N) is 1. The van der Waals surface area contributed by atoms with Gasteiger partial charge in [-0.05, 0) is 31.0 Å². The molecule has 116 valence electrons. The van der Waals surface area contributed by atoms with Crippen LogP contribution in [0.25, 0.3) is 0 Å². The molecule has 5 nitrogen and oxygen atoms in total. The highest BCUT2D eigenvalue weighted by atomic mass is 79.9. The van der Waals surface area contributed by atoms with Crippen molar-refractivity contribution < 1.29 is 14.3 Å². The van der Waals surface area contributed by atoms with Crippen LogP contribution >= 0.6 is 15.9 Å². The summed E-state index contributed by atoms with van der Waals surface area (Å²) in [6, 6.07) is 5.52. The average molecular weight is 357 g/mol. The van der Waals surface area contributed by atoms with Crippen molar-refractivity contribution in [3.8, 4) is 0 Å². The standard InChI is InChI=1S/C15H21BrN2O3/c1-11-5-6-12(16)9-13(11)15(20)18(2)10-14(19)17-7-4-8-21-3/h5-6,9H,4,7-8,10H2,1-3H3,(H,17,19). The van der Waals surface area contributed by atoms with Crippen molar-refractivity contribution >= 4 is 27.7 Å². The Labute approximate surface area is 133 Å². The van der Waals surface area contributed by atoms with E-state index in [4.69, 9.17) is 4.74 Å². The third kappa shape index (κ3) is 5.85. The number of carbonyl (C=O) groups is 2. The Morgan fingerprint density at radius 1 is 1.38 bits per heavy atom. The summed E-state index contributed by atoms with van der Waals surface area (Å²) >= 11 is 3.35. The van der Waals surface area contributed by atoms with Crippen LogP contribution in [-0.2, 0) is 9.53 Å². The van der Waals surface area contributed by atoms with E-state index in [1.54, 1.807) is 20.2 Å². The first-order chi connectivity index (χ1) is 9.95. The number of methoxy groups -OCH3 is 1. The van der Waals surface area contributed by atoms with Crippen molar-refractivity contribution in [1.82, 2.24) is 10.2 Å². The zero-order valence-corrected chi connectivity index (χ0v) is 14.2. The highest BCUT2D eigenvalue weighted by Crippen LogP contribution is 2.17. The van der Waals surface area contributed by atoms with Crippen LogP contribution in [-0.4, -0.2) is 50.6 Å². The molecule has 0 unspecified atom stereocenters. The van der Waals surface area contributed by atoms with Crippen LogP contribution in [0.1, 0.15) is 22.3 Å². The van der Waals surface area contributed by atoms with E-state index in [1.165, 1.54) is 4.90 Å². The molecule has 0 spiro atoms. The van der Waals surface area contributed by atoms with Crippen LogP contribution in [0.2, 0.25) is 0 Å². The van der Waals surface area contributed by atoms with E-state index in [-0.39, 0.29) is 18.4 Å². The first-order valence-corrected chi connectivity index (χ1v) is 7.52. The second-order valence-electron chi connectivity index (χ2n) is 4.82. The molecule has 1 rings (SSSR count). The van der Waals surface area contributed by atoms with Gasteiger partial charge in [0.05, 0.1) is 6.54 Å². The predicted octanol–water partition coefficient (Wildman–Crippen LogP) is 1.98. The maximum absolute atomic E-state index is 12.3. The number of amides is 2. The molecule has 1 aromatic carbocycles. The molecule has 0 heterocycles. The molecule has 21 heavy (non-hydrogen) atoms. The molecule has 0 fully saturated rings. The fraction of sp³-hybridized carbons (Fsp3) is 0.467. The Hall–Kier alpha value is -1.40. The topological polar surface area (TPSA) is 58.6 Å². The van der Waals surface area contributed by atoms with Gasteiger partial charge in [-0.3, -0.25) is 9.59 Å². The third-order valence-electron chi connectivity index (χ3n) is 3.00. The maximum Gasteiger partial charge on any atom is 0.254 e. The second kappa shape index (κ2) is 8.79. The van der Waals surface area contributed by atoms with Crippen LogP contribution in [0.5, 0.6) is 0 Å². The number of aryl methyl sites for hydroxylation is 1. The summed E-state index contributed by atoms with van der Waals surface area (Å²) < 4.78 is 5.75. The third-order valence-corrected chi connectivity index (χ3v) is 3.50. The zero-order chi connectivity index (χ0) is 15.8. The maximum atomic E-state index is 12.3. The number of likely N-dealkylation sites (N-methyl/N-ethyl adjacent to an activating group) is 1. The number of rotatable bonds is 7. The van der Waals surface area contributed by atoms with Crippen LogP contribution < -0.4 is 5.32 Å². The predicted molar refractivity (Wildman–Crippen MR) is 85.3 cm³/mol. The van der Waals surface area contributed by atoms with E-state index < -0.39 is 0 Å². The Morgan fingerprint density at radius 3 is 2.76 bits per heavy atom. The average Bonchev–Trinajstić information content (AvgIpc) is 2.45. The number of carbonyl (C=O) groups excluding carboxylic acids is 2. The van der Waals surface area contributed by atoms with E-state index in [0.717, 1.165) is 16.5 Å². The molecule has 0 aliphatic carbocycles. The van der Waals surface area contributed by atoms with Gasteiger partial charge in [0.1, 0.15) is 0 Å². The molecule has 0 saturated heterocycles. The van der Waals surface area contributed by atoms with Crippen molar-refractivity contribution in [3.63, 3.8) is 0 Å². The summed E-state index contributed by atoms with van der Waals surface area (Å²) in [6.07, 6.45) is 0.755. The van der Waals surface area contributed by atoms with E-state index >= 15 is 0 Å². The van der Waals surface area contributed by atoms with Crippen LogP contribution in [0.3, 0.4) is 0 Å². The van der Waals surface area contributed by atoms with Gasteiger partial charge in [0.15, 0.2) is 0 Å². The zero-order valence-electron chi connectivity index (χ0n) is 12.6. The fourth-order valence-electron chi connectivity index (χ4n) is 1.82. The minimum absolute atomic E-state index is 0.0395. The van der Waals surface area contributed by atoms with Gasteiger partial charge < -0.3 is 15.0 Å². The molecule has 0 bridgehead atoms. The van der Waals surface area contributed by atoms with Crippen molar-refractivity contribution in [2.45, 2.75) is 13.3 Å². The van der Waals surface area contributed by atoms with Crippen LogP contribution in [0, 0.1) is 6.92 Å². The summed E-state index contributed by atoms with van der Waals surface area (Å²) in [5, 5.41) is 2.76. The van der Waals surface area contributed by atoms with Crippen molar-refractivity contribution in [1.29, 1.82) is 0 Å². The highest BCUT2D eigenvalue weighted by molar-refractivity contribution is 9.10. The Balaban J connectivity index is 2.54. The number of nitrogens with one attached hydrogen (secondary N) is 1. The molecule has 1 N–H and O–H groups in total. The largest absolute Gasteiger partial charge is 0.385 e. The van der Waals surface area contributed by atoms with E-state index in [9.17, 15) is 9.59 Å². The monoisotopic (exact) mass is 356 g/mol. The Morgan fingerprint density at radius 2 is 2.10 bits per heavy atom. The quantitative estimate of drug-likeness (QED) is 0.760. The summed E-state index contributed by atoms with van der Waals surface area (Å²) in [5.41, 5.74) is 1.48. The smallest absolute Gasteiger partial charge is 0.254 e. The number of benzene rings is 1. The van der Waals surface area contributed by atoms with Gasteiger partial charge in [-0.2, -0.15) is 0 Å². The lowest BCUT2D eigenvalue weighted by atomic mass is 10.1. The lowest BCUT2D eigenvalue weighted by molar-refractivity contribution is -0.121. The molecular weight excluding hydrogens is 336 g/mol. The van der Waals surface area contributed by atoms with Gasteiger partial charge in [0.25, 0.3) is 5.91 Å². The Kier molecular flexibility index (Phi) is 7.39. The molecule has 0 atom stereocenters. The van der Waals surface area contributed by atoms with E-state index in [1.807, 2.05) is 19.1 Å². The molecule has 0 aromatic heterocycles. The van der Waals surface area contributed by atoms with Crippen molar-refractivity contribution in [2.75, 3.05) is 33.9 Å². The highest BCUT2D eigenvalue weighted by Gasteiger charge is 2.16. The first kappa shape index (κ1) is 17.7. The van der Waals surface area contributed by atoms with Crippen molar-refractivity contribution in [2.24, 2.45) is 0 Å². The van der Waals surface area contributed by atoms with E-state index in [0.29, 0.717) is 18.7 Å². The molecule has 0 radical (unpaired) electrons. The fourth-order valence-corrected chi connectivity index (χ4v) is 2.18. The molecule has 2 amide bonds. The van der Waals surface area contributed by atoms with Gasteiger partial charge in [0, 0.05) is 37.3 Å². The van der Waals surface area contributed by atoms with Crippen LogP contribution in [0.15, 0.2) is 22.7 Å². The first-order valence-electron chi connectivity index (χ1n) is 6.73. The summed E-state index contributed by atoms with van der Waals surface area (Å²) in [4.78, 5) is 25.5. The molecule has 0 aliphatic heterocycles. The van der Waals surface area contributed by atoms with Gasteiger partial charge in [0.2, 0.25) is 5.91 Å². The molecule has 0 saturated carbocycles. The number of hydrogen-bond acceptors (Lipinski definition) is 3. The number of ether oxygens (including phenoxy) is 1. The lowest BCUT2D eigenvalue weighted by Gasteiger charge is -2.18. The number of hydrogen-bond donors (Lipinski definition) is 1. The normalized spacial score (nSPS) is 10.3. The Bertz CT molecular complexity index is 506. The van der Waals surface area contributed by atoms with Gasteiger partial charge >= 0.3 is 0 Å². The van der Waals surface area contributed by atoms with Gasteiger partial charge in [-0.1, -0.05) is 22.0 Å². The minimum atomic E-state index is -0.172. The minimum Gasteiger partial charge on any atom is -0.385 e. The summed E-state index contributed by atoms with van der Waals surface area (Å²) in [5.74, 6) is -0.338. The molecule has 0 aliphatic rings. The van der Waals surface area contributed by atoms with Crippen LogP contribution in [0.4, 0.5) is 0 Å².